The van der Waals surface area contributed by atoms with Crippen molar-refractivity contribution in [3.05, 3.63) is 23.4 Å². The lowest BCUT2D eigenvalue weighted by atomic mass is 9.90. The maximum Gasteiger partial charge on any atom is 0.254 e. The second kappa shape index (κ2) is 5.30. The van der Waals surface area contributed by atoms with E-state index in [2.05, 4.69) is 45.0 Å². The summed E-state index contributed by atoms with van der Waals surface area (Å²) in [6.07, 6.45) is 1.04. The first kappa shape index (κ1) is 15.8. The van der Waals surface area contributed by atoms with E-state index in [9.17, 15) is 4.79 Å². The Kier molecular flexibility index (Phi) is 3.97. The quantitative estimate of drug-likeness (QED) is 0.648. The Balaban J connectivity index is 2.33. The largest absolute Gasteiger partial charge is 0.338 e. The van der Waals surface area contributed by atoms with Crippen LogP contribution < -0.4 is 11.3 Å². The van der Waals surface area contributed by atoms with E-state index in [4.69, 9.17) is 5.84 Å². The fourth-order valence-electron chi connectivity index (χ4n) is 2.58. The van der Waals surface area contributed by atoms with Gasteiger partial charge in [0.25, 0.3) is 5.91 Å². The minimum absolute atomic E-state index is 0.0602. The number of amides is 1. The molecule has 0 unspecified atom stereocenters. The fraction of sp³-hybridized carbons (Fsp3) is 0.625. The highest BCUT2D eigenvalue weighted by atomic mass is 16.2. The lowest BCUT2D eigenvalue weighted by molar-refractivity contribution is 0.0778. The molecule has 1 fully saturated rings. The third-order valence-electron chi connectivity index (χ3n) is 3.95. The van der Waals surface area contributed by atoms with Crippen LogP contribution in [0.4, 0.5) is 5.82 Å². The molecule has 0 aromatic carbocycles. The van der Waals surface area contributed by atoms with Crippen LogP contribution in [-0.4, -0.2) is 28.9 Å². The van der Waals surface area contributed by atoms with E-state index in [1.807, 2.05) is 11.0 Å². The van der Waals surface area contributed by atoms with Gasteiger partial charge in [0.05, 0.1) is 0 Å². The summed E-state index contributed by atoms with van der Waals surface area (Å²) in [7, 11) is 0. The number of aromatic nitrogens is 1. The zero-order valence-corrected chi connectivity index (χ0v) is 13.7. The molecule has 1 aliphatic heterocycles. The summed E-state index contributed by atoms with van der Waals surface area (Å²) < 4.78 is 0. The number of nitrogen functional groups attached to an aromatic ring is 1. The molecule has 3 N–H and O–H groups in total. The molecule has 2 rings (SSSR count). The van der Waals surface area contributed by atoms with Crippen LogP contribution in [0.25, 0.3) is 0 Å². The van der Waals surface area contributed by atoms with Crippen LogP contribution in [0.15, 0.2) is 12.1 Å². The summed E-state index contributed by atoms with van der Waals surface area (Å²) in [5, 5.41) is 0. The van der Waals surface area contributed by atoms with Crippen LogP contribution in [-0.2, 0) is 5.41 Å². The van der Waals surface area contributed by atoms with Gasteiger partial charge in [0.2, 0.25) is 0 Å². The van der Waals surface area contributed by atoms with Gasteiger partial charge in [-0.2, -0.15) is 0 Å². The summed E-state index contributed by atoms with van der Waals surface area (Å²) in [5.74, 6) is 6.08. The number of hydrogen-bond acceptors (Lipinski definition) is 4. The average Bonchev–Trinajstić information content (AvgIpc) is 2.76. The smallest absolute Gasteiger partial charge is 0.254 e. The van der Waals surface area contributed by atoms with Crippen LogP contribution in [0, 0.1) is 5.41 Å². The van der Waals surface area contributed by atoms with Crippen molar-refractivity contribution >= 4 is 11.7 Å². The minimum Gasteiger partial charge on any atom is -0.338 e. The van der Waals surface area contributed by atoms with Crippen LogP contribution in [0.1, 0.15) is 57.1 Å². The van der Waals surface area contributed by atoms with E-state index in [-0.39, 0.29) is 16.7 Å². The van der Waals surface area contributed by atoms with Gasteiger partial charge in [0, 0.05) is 29.8 Å². The van der Waals surface area contributed by atoms with E-state index in [0.717, 1.165) is 25.2 Å². The molecule has 21 heavy (non-hydrogen) atoms. The Bertz CT molecular complexity index is 546. The predicted octanol–water partition coefficient (Wildman–Crippen LogP) is 2.54. The highest BCUT2D eigenvalue weighted by Gasteiger charge is 2.33. The third-order valence-corrected chi connectivity index (χ3v) is 3.95. The van der Waals surface area contributed by atoms with E-state index in [1.54, 1.807) is 6.07 Å². The Hall–Kier alpha value is -1.62. The number of hydrogen-bond donors (Lipinski definition) is 2. The van der Waals surface area contributed by atoms with E-state index < -0.39 is 0 Å². The molecular formula is C16H26N4O. The Labute approximate surface area is 126 Å². The van der Waals surface area contributed by atoms with Gasteiger partial charge >= 0.3 is 0 Å². The Morgan fingerprint density at radius 1 is 1.38 bits per heavy atom. The van der Waals surface area contributed by atoms with Gasteiger partial charge in [-0.15, -0.1) is 0 Å². The molecule has 116 valence electrons. The molecule has 1 aromatic rings. The van der Waals surface area contributed by atoms with Crippen molar-refractivity contribution in [2.45, 2.75) is 46.5 Å². The SMILES string of the molecule is CC1(C)CCN(C(=O)c2cc(NN)nc(C(C)(C)C)c2)C1. The van der Waals surface area contributed by atoms with Crippen molar-refractivity contribution in [3.8, 4) is 0 Å². The Morgan fingerprint density at radius 3 is 2.52 bits per heavy atom. The van der Waals surface area contributed by atoms with Crippen LogP contribution in [0.2, 0.25) is 0 Å². The number of hydrazine groups is 1. The number of rotatable bonds is 2. The van der Waals surface area contributed by atoms with Gasteiger partial charge in [-0.1, -0.05) is 34.6 Å². The molecule has 5 heteroatoms. The van der Waals surface area contributed by atoms with Crippen molar-refractivity contribution in [1.82, 2.24) is 9.88 Å². The number of anilines is 1. The number of carbonyl (C=O) groups is 1. The van der Waals surface area contributed by atoms with Crippen LogP contribution >= 0.6 is 0 Å². The Morgan fingerprint density at radius 2 is 2.05 bits per heavy atom. The van der Waals surface area contributed by atoms with Crippen molar-refractivity contribution in [3.63, 3.8) is 0 Å². The number of pyridine rings is 1. The van der Waals surface area contributed by atoms with Gasteiger partial charge in [0.1, 0.15) is 5.82 Å². The summed E-state index contributed by atoms with van der Waals surface area (Å²) in [4.78, 5) is 19.1. The molecule has 2 heterocycles. The molecule has 0 saturated carbocycles. The zero-order valence-electron chi connectivity index (χ0n) is 13.7. The van der Waals surface area contributed by atoms with Crippen LogP contribution in [0.3, 0.4) is 0 Å². The molecule has 0 atom stereocenters. The number of nitrogens with two attached hydrogens (primary N) is 1. The number of nitrogens with one attached hydrogen (secondary N) is 1. The molecule has 1 saturated heterocycles. The monoisotopic (exact) mass is 290 g/mol. The summed E-state index contributed by atoms with van der Waals surface area (Å²) in [5.41, 5.74) is 4.14. The first-order chi connectivity index (χ1) is 9.62. The molecule has 5 nitrogen and oxygen atoms in total. The van der Waals surface area contributed by atoms with Gasteiger partial charge in [-0.25, -0.2) is 10.8 Å². The van der Waals surface area contributed by atoms with Crippen LogP contribution in [0.5, 0.6) is 0 Å². The summed E-state index contributed by atoms with van der Waals surface area (Å²) in [6.45, 7) is 12.2. The number of nitrogens with zero attached hydrogens (tertiary/aromatic N) is 2. The highest BCUT2D eigenvalue weighted by Crippen LogP contribution is 2.30. The summed E-state index contributed by atoms with van der Waals surface area (Å²) >= 11 is 0. The standard InChI is InChI=1S/C16H26N4O/c1-15(2,3)12-8-11(9-13(18-12)19-17)14(21)20-7-6-16(4,5)10-20/h8-9H,6-7,10,17H2,1-5H3,(H,18,19). The number of likely N-dealkylation sites (tertiary alicyclic amines) is 1. The topological polar surface area (TPSA) is 71.2 Å². The fourth-order valence-corrected chi connectivity index (χ4v) is 2.58. The van der Waals surface area contributed by atoms with Gasteiger partial charge in [0.15, 0.2) is 0 Å². The lowest BCUT2D eigenvalue weighted by Crippen LogP contribution is -2.31. The predicted molar refractivity (Wildman–Crippen MR) is 85.0 cm³/mol. The second-order valence-corrected chi connectivity index (χ2v) is 7.66. The molecule has 1 amide bonds. The van der Waals surface area contributed by atoms with E-state index >= 15 is 0 Å². The summed E-state index contributed by atoms with van der Waals surface area (Å²) in [6, 6.07) is 3.61. The van der Waals surface area contributed by atoms with E-state index in [1.165, 1.54) is 0 Å². The average molecular weight is 290 g/mol. The maximum atomic E-state index is 12.7. The molecule has 0 aliphatic carbocycles. The normalized spacial score (nSPS) is 17.9. The molecule has 1 aromatic heterocycles. The third kappa shape index (κ3) is 3.53. The van der Waals surface area contributed by atoms with Crippen molar-refractivity contribution in [2.75, 3.05) is 18.5 Å². The van der Waals surface area contributed by atoms with Gasteiger partial charge in [-0.05, 0) is 24.0 Å². The maximum absolute atomic E-state index is 12.7. The number of carbonyl (C=O) groups excluding carboxylic acids is 1. The van der Waals surface area contributed by atoms with Crippen molar-refractivity contribution in [1.29, 1.82) is 0 Å². The van der Waals surface area contributed by atoms with Crippen molar-refractivity contribution < 1.29 is 4.79 Å². The van der Waals surface area contributed by atoms with Crippen molar-refractivity contribution in [2.24, 2.45) is 11.3 Å². The molecule has 0 bridgehead atoms. The van der Waals surface area contributed by atoms with Gasteiger partial charge in [-0.3, -0.25) is 4.79 Å². The zero-order chi connectivity index (χ0) is 15.8. The second-order valence-electron chi connectivity index (χ2n) is 7.66. The molecule has 0 radical (unpaired) electrons. The lowest BCUT2D eigenvalue weighted by Gasteiger charge is -2.22. The highest BCUT2D eigenvalue weighted by molar-refractivity contribution is 5.95. The van der Waals surface area contributed by atoms with Gasteiger partial charge < -0.3 is 10.3 Å². The molecule has 0 spiro atoms. The first-order valence-electron chi connectivity index (χ1n) is 7.41. The molecule has 1 aliphatic rings. The van der Waals surface area contributed by atoms with E-state index in [0.29, 0.717) is 11.4 Å². The molecular weight excluding hydrogens is 264 g/mol. The minimum atomic E-state index is -0.133. The first-order valence-corrected chi connectivity index (χ1v) is 7.41.